The van der Waals surface area contributed by atoms with Crippen LogP contribution < -0.4 is 0 Å². The molecule has 0 aromatic heterocycles. The normalized spacial score (nSPS) is 26.4. The second-order valence-corrected chi connectivity index (χ2v) is 8.16. The van der Waals surface area contributed by atoms with E-state index in [1.54, 1.807) is 0 Å². The van der Waals surface area contributed by atoms with E-state index >= 15 is 0 Å². The number of hydrogen-bond donors (Lipinski definition) is 0. The van der Waals surface area contributed by atoms with E-state index in [4.69, 9.17) is 0 Å². The maximum Gasteiger partial charge on any atom is 0.236 e. The van der Waals surface area contributed by atoms with Crippen molar-refractivity contribution in [2.24, 2.45) is 0 Å². The van der Waals surface area contributed by atoms with Gasteiger partial charge >= 0.3 is 0 Å². The Balaban J connectivity index is 1.86. The highest BCUT2D eigenvalue weighted by molar-refractivity contribution is 7.91. The molecule has 0 aromatic carbocycles. The third kappa shape index (κ3) is 4.40. The number of carbonyl (C=O) groups is 1. The van der Waals surface area contributed by atoms with Gasteiger partial charge in [-0.1, -0.05) is 13.8 Å². The number of likely N-dealkylation sites (N-methyl/N-ethyl adjacent to an activating group) is 2. The molecule has 122 valence electrons. The van der Waals surface area contributed by atoms with Gasteiger partial charge in [0, 0.05) is 32.2 Å². The Labute approximate surface area is 128 Å². The van der Waals surface area contributed by atoms with Crippen molar-refractivity contribution in [3.63, 3.8) is 0 Å². The number of hydrogen-bond acceptors (Lipinski definition) is 5. The van der Waals surface area contributed by atoms with Crippen LogP contribution in [0.4, 0.5) is 0 Å². The van der Waals surface area contributed by atoms with Crippen molar-refractivity contribution in [2.75, 3.05) is 57.3 Å². The minimum Gasteiger partial charge on any atom is -0.339 e. The molecule has 21 heavy (non-hydrogen) atoms. The molecule has 0 aliphatic carbocycles. The second kappa shape index (κ2) is 7.07. The van der Waals surface area contributed by atoms with Gasteiger partial charge in [0.15, 0.2) is 9.84 Å². The lowest BCUT2D eigenvalue weighted by Gasteiger charge is -2.36. The van der Waals surface area contributed by atoms with Gasteiger partial charge in [0.2, 0.25) is 5.91 Å². The summed E-state index contributed by atoms with van der Waals surface area (Å²) in [5.41, 5.74) is 0. The number of amides is 1. The largest absolute Gasteiger partial charge is 0.339 e. The van der Waals surface area contributed by atoms with Crippen molar-refractivity contribution in [3.05, 3.63) is 0 Å². The summed E-state index contributed by atoms with van der Waals surface area (Å²) in [6, 6.07) is 0.0147. The predicted octanol–water partition coefficient (Wildman–Crippen LogP) is -0.340. The van der Waals surface area contributed by atoms with E-state index in [9.17, 15) is 13.2 Å². The fourth-order valence-corrected chi connectivity index (χ4v) is 4.91. The van der Waals surface area contributed by atoms with Crippen LogP contribution in [0.1, 0.15) is 20.3 Å². The van der Waals surface area contributed by atoms with Crippen LogP contribution in [-0.2, 0) is 14.6 Å². The average molecular weight is 317 g/mol. The summed E-state index contributed by atoms with van der Waals surface area (Å²) in [5.74, 6) is 0.604. The lowest BCUT2D eigenvalue weighted by molar-refractivity contribution is -0.134. The zero-order valence-electron chi connectivity index (χ0n) is 13.1. The molecule has 0 spiro atoms. The molecule has 6 nitrogen and oxygen atoms in total. The van der Waals surface area contributed by atoms with Crippen LogP contribution in [-0.4, -0.2) is 92.4 Å². The van der Waals surface area contributed by atoms with E-state index in [1.807, 2.05) is 16.7 Å². The van der Waals surface area contributed by atoms with Gasteiger partial charge in [-0.3, -0.25) is 9.69 Å². The van der Waals surface area contributed by atoms with Gasteiger partial charge < -0.3 is 9.80 Å². The smallest absolute Gasteiger partial charge is 0.236 e. The van der Waals surface area contributed by atoms with E-state index in [1.165, 1.54) is 0 Å². The highest BCUT2D eigenvalue weighted by atomic mass is 32.2. The molecular weight excluding hydrogens is 290 g/mol. The Morgan fingerprint density at radius 3 is 2.33 bits per heavy atom. The van der Waals surface area contributed by atoms with Gasteiger partial charge in [-0.05, 0) is 19.5 Å². The van der Waals surface area contributed by atoms with Gasteiger partial charge in [-0.15, -0.1) is 0 Å². The van der Waals surface area contributed by atoms with Crippen molar-refractivity contribution >= 4 is 15.7 Å². The molecule has 0 radical (unpaired) electrons. The van der Waals surface area contributed by atoms with Crippen LogP contribution >= 0.6 is 0 Å². The lowest BCUT2D eigenvalue weighted by Crippen LogP contribution is -2.52. The van der Waals surface area contributed by atoms with E-state index in [2.05, 4.69) is 11.8 Å². The average Bonchev–Trinajstić information content (AvgIpc) is 2.84. The number of sulfone groups is 1. The molecular formula is C14H27N3O3S. The van der Waals surface area contributed by atoms with Crippen molar-refractivity contribution < 1.29 is 13.2 Å². The molecule has 0 N–H and O–H groups in total. The molecule has 1 amide bonds. The first-order chi connectivity index (χ1) is 9.95. The SMILES string of the molecule is CCN1CCN(C(=O)CN(CC)C2CCS(=O)(=O)C2)CC1. The number of nitrogens with zero attached hydrogens (tertiary/aromatic N) is 3. The Hall–Kier alpha value is -0.660. The molecule has 2 rings (SSSR count). The summed E-state index contributed by atoms with van der Waals surface area (Å²) in [6.45, 7) is 9.68. The third-order valence-electron chi connectivity index (χ3n) is 4.64. The first kappa shape index (κ1) is 16.7. The predicted molar refractivity (Wildman–Crippen MR) is 83.0 cm³/mol. The Morgan fingerprint density at radius 2 is 1.86 bits per heavy atom. The summed E-state index contributed by atoms with van der Waals surface area (Å²) in [5, 5.41) is 0. The van der Waals surface area contributed by atoms with Gasteiger partial charge in [-0.25, -0.2) is 8.42 Å². The first-order valence-corrected chi connectivity index (χ1v) is 9.72. The summed E-state index contributed by atoms with van der Waals surface area (Å²) in [6.07, 6.45) is 0.660. The number of piperazine rings is 1. The van der Waals surface area contributed by atoms with Gasteiger partial charge in [0.1, 0.15) is 0 Å². The summed E-state index contributed by atoms with van der Waals surface area (Å²) >= 11 is 0. The maximum absolute atomic E-state index is 12.4. The molecule has 0 bridgehead atoms. The van der Waals surface area contributed by atoms with E-state index in [-0.39, 0.29) is 23.5 Å². The fourth-order valence-electron chi connectivity index (χ4n) is 3.15. The number of carbonyl (C=O) groups excluding carboxylic acids is 1. The van der Waals surface area contributed by atoms with E-state index < -0.39 is 9.84 Å². The molecule has 7 heteroatoms. The minimum atomic E-state index is -2.90. The van der Waals surface area contributed by atoms with Crippen molar-refractivity contribution in [3.8, 4) is 0 Å². The van der Waals surface area contributed by atoms with Crippen LogP contribution in [0.5, 0.6) is 0 Å². The zero-order chi connectivity index (χ0) is 15.5. The monoisotopic (exact) mass is 317 g/mol. The Morgan fingerprint density at radius 1 is 1.19 bits per heavy atom. The lowest BCUT2D eigenvalue weighted by atomic mass is 10.2. The Kier molecular flexibility index (Phi) is 5.62. The summed E-state index contributed by atoms with van der Waals surface area (Å²) in [4.78, 5) is 18.7. The molecule has 1 unspecified atom stereocenters. The van der Waals surface area contributed by atoms with Crippen molar-refractivity contribution in [1.29, 1.82) is 0 Å². The third-order valence-corrected chi connectivity index (χ3v) is 6.39. The maximum atomic E-state index is 12.4. The van der Waals surface area contributed by atoms with E-state index in [0.717, 1.165) is 39.3 Å². The van der Waals surface area contributed by atoms with Crippen LogP contribution in [0.3, 0.4) is 0 Å². The fraction of sp³-hybridized carbons (Fsp3) is 0.929. The highest BCUT2D eigenvalue weighted by Gasteiger charge is 2.33. The van der Waals surface area contributed by atoms with Crippen molar-refractivity contribution in [1.82, 2.24) is 14.7 Å². The van der Waals surface area contributed by atoms with Crippen molar-refractivity contribution in [2.45, 2.75) is 26.3 Å². The van der Waals surface area contributed by atoms with Gasteiger partial charge in [0.05, 0.1) is 18.1 Å². The standard InChI is InChI=1S/C14H27N3O3S/c1-3-15-6-8-17(9-7-15)14(18)11-16(4-2)13-5-10-21(19,20)12-13/h13H,3-12H2,1-2H3. The van der Waals surface area contributed by atoms with Gasteiger partial charge in [-0.2, -0.15) is 0 Å². The minimum absolute atomic E-state index is 0.0147. The first-order valence-electron chi connectivity index (χ1n) is 7.89. The highest BCUT2D eigenvalue weighted by Crippen LogP contribution is 2.17. The molecule has 2 heterocycles. The van der Waals surface area contributed by atoms with Crippen LogP contribution in [0, 0.1) is 0 Å². The molecule has 0 aromatic rings. The van der Waals surface area contributed by atoms with Gasteiger partial charge in [0.25, 0.3) is 0 Å². The van der Waals surface area contributed by atoms with Crippen LogP contribution in [0.2, 0.25) is 0 Å². The molecule has 1 atom stereocenters. The topological polar surface area (TPSA) is 60.9 Å². The summed E-state index contributed by atoms with van der Waals surface area (Å²) in [7, 11) is -2.90. The molecule has 2 aliphatic heterocycles. The molecule has 2 saturated heterocycles. The van der Waals surface area contributed by atoms with E-state index in [0.29, 0.717) is 13.0 Å². The molecule has 0 saturated carbocycles. The second-order valence-electron chi connectivity index (χ2n) is 5.94. The Bertz CT molecular complexity index is 458. The van der Waals surface area contributed by atoms with Crippen LogP contribution in [0.15, 0.2) is 0 Å². The van der Waals surface area contributed by atoms with Crippen LogP contribution in [0.25, 0.3) is 0 Å². The quantitative estimate of drug-likeness (QED) is 0.694. The summed E-state index contributed by atoms with van der Waals surface area (Å²) < 4.78 is 23.2. The molecule has 2 fully saturated rings. The zero-order valence-corrected chi connectivity index (χ0v) is 13.9. The molecule has 2 aliphatic rings. The number of rotatable bonds is 5.